The average Bonchev–Trinajstić information content (AvgIpc) is 2.56. The monoisotopic (exact) mass is 417 g/mol. The summed E-state index contributed by atoms with van der Waals surface area (Å²) < 4.78 is 0. The number of nitrogens with one attached hydrogen (secondary N) is 3. The van der Waals surface area contributed by atoms with E-state index in [9.17, 15) is 28.8 Å². The predicted octanol–water partition coefficient (Wildman–Crippen LogP) is -3.12. The van der Waals surface area contributed by atoms with E-state index in [1.807, 2.05) is 5.32 Å². The topological polar surface area (TPSA) is 231 Å². The third-order valence-electron chi connectivity index (χ3n) is 3.69. The molecule has 0 aliphatic rings. The highest BCUT2D eigenvalue weighted by molar-refractivity contribution is 5.96. The van der Waals surface area contributed by atoms with Crippen molar-refractivity contribution in [2.75, 3.05) is 0 Å². The van der Waals surface area contributed by atoms with Crippen molar-refractivity contribution >= 4 is 35.6 Å². The van der Waals surface area contributed by atoms with E-state index >= 15 is 0 Å². The summed E-state index contributed by atoms with van der Waals surface area (Å²) >= 11 is 0. The van der Waals surface area contributed by atoms with E-state index in [1.165, 1.54) is 6.92 Å². The molecule has 0 aromatic heterocycles. The number of carboxylic acids is 2. The third-order valence-corrected chi connectivity index (χ3v) is 3.69. The maximum absolute atomic E-state index is 12.5. The maximum atomic E-state index is 12.5. The fraction of sp³-hybridized carbons (Fsp3) is 0.625. The summed E-state index contributed by atoms with van der Waals surface area (Å²) in [6, 6.07) is -5.40. The second-order valence-corrected chi connectivity index (χ2v) is 6.75. The lowest BCUT2D eigenvalue weighted by Crippen LogP contribution is -2.58. The smallest absolute Gasteiger partial charge is 0.326 e. The SMILES string of the molecule is CC(N)C(=O)NC(C(=O)NC(CC(=O)O)C(=O)NC(CC(N)=O)C(=O)O)C(C)C. The van der Waals surface area contributed by atoms with Crippen LogP contribution in [0.4, 0.5) is 0 Å². The molecule has 4 amide bonds. The lowest BCUT2D eigenvalue weighted by Gasteiger charge is -2.26. The van der Waals surface area contributed by atoms with Crippen LogP contribution < -0.4 is 27.4 Å². The first-order valence-corrected chi connectivity index (χ1v) is 8.65. The van der Waals surface area contributed by atoms with Crippen molar-refractivity contribution < 1.29 is 39.0 Å². The number of hydrogen-bond acceptors (Lipinski definition) is 7. The number of rotatable bonds is 12. The zero-order valence-corrected chi connectivity index (χ0v) is 16.3. The van der Waals surface area contributed by atoms with Crippen molar-refractivity contribution in [2.45, 2.75) is 57.8 Å². The standard InChI is InChI=1S/C16H27N5O8/c1-6(2)12(21-13(25)7(3)17)15(27)19-8(5-11(23)24)14(26)20-9(16(28)29)4-10(18)22/h6-9,12H,4-5,17H2,1-3H3,(H2,18,22)(H,19,27)(H,20,26)(H,21,25)(H,23,24)(H,28,29). The van der Waals surface area contributed by atoms with E-state index < -0.39 is 78.5 Å². The summed E-state index contributed by atoms with van der Waals surface area (Å²) in [7, 11) is 0. The van der Waals surface area contributed by atoms with Gasteiger partial charge in [0.15, 0.2) is 0 Å². The maximum Gasteiger partial charge on any atom is 0.326 e. The highest BCUT2D eigenvalue weighted by Gasteiger charge is 2.32. The van der Waals surface area contributed by atoms with Crippen molar-refractivity contribution in [1.82, 2.24) is 16.0 Å². The Bertz CT molecular complexity index is 664. The number of carboxylic acid groups (broad SMARTS) is 2. The summed E-state index contributed by atoms with van der Waals surface area (Å²) in [5, 5.41) is 24.6. The fourth-order valence-electron chi connectivity index (χ4n) is 2.14. The van der Waals surface area contributed by atoms with E-state index in [0.717, 1.165) is 0 Å². The van der Waals surface area contributed by atoms with Gasteiger partial charge in [0.1, 0.15) is 18.1 Å². The summed E-state index contributed by atoms with van der Waals surface area (Å²) in [5.41, 5.74) is 10.4. The van der Waals surface area contributed by atoms with Gasteiger partial charge < -0.3 is 37.6 Å². The molecule has 0 saturated carbocycles. The van der Waals surface area contributed by atoms with Crippen molar-refractivity contribution in [1.29, 1.82) is 0 Å². The zero-order chi connectivity index (χ0) is 22.9. The minimum atomic E-state index is -1.70. The quantitative estimate of drug-likeness (QED) is 0.170. The first-order valence-electron chi connectivity index (χ1n) is 8.65. The van der Waals surface area contributed by atoms with Crippen LogP contribution in [0.3, 0.4) is 0 Å². The van der Waals surface area contributed by atoms with Crippen LogP contribution in [0.2, 0.25) is 0 Å². The molecule has 0 heterocycles. The summed E-state index contributed by atoms with van der Waals surface area (Å²) in [5.74, 6) is -7.10. The van der Waals surface area contributed by atoms with Gasteiger partial charge in [-0.15, -0.1) is 0 Å². The van der Waals surface area contributed by atoms with Crippen molar-refractivity contribution in [2.24, 2.45) is 17.4 Å². The number of aliphatic carboxylic acids is 2. The largest absolute Gasteiger partial charge is 0.481 e. The summed E-state index contributed by atoms with van der Waals surface area (Å²) in [6.45, 7) is 4.60. The molecular formula is C16H27N5O8. The number of carbonyl (C=O) groups is 6. The average molecular weight is 417 g/mol. The number of carbonyl (C=O) groups excluding carboxylic acids is 4. The molecule has 0 spiro atoms. The minimum Gasteiger partial charge on any atom is -0.481 e. The van der Waals surface area contributed by atoms with Crippen LogP contribution in [0.1, 0.15) is 33.6 Å². The van der Waals surface area contributed by atoms with Crippen LogP contribution in [-0.4, -0.2) is 69.9 Å². The Balaban J connectivity index is 5.43. The molecule has 0 rings (SSSR count). The molecule has 13 nitrogen and oxygen atoms in total. The van der Waals surface area contributed by atoms with Crippen molar-refractivity contribution in [3.63, 3.8) is 0 Å². The molecule has 9 N–H and O–H groups in total. The van der Waals surface area contributed by atoms with E-state index in [4.69, 9.17) is 21.7 Å². The van der Waals surface area contributed by atoms with Gasteiger partial charge in [-0.2, -0.15) is 0 Å². The molecule has 13 heteroatoms. The highest BCUT2D eigenvalue weighted by Crippen LogP contribution is 2.05. The molecule has 0 aliphatic heterocycles. The molecule has 0 saturated heterocycles. The molecule has 0 bridgehead atoms. The molecule has 29 heavy (non-hydrogen) atoms. The number of nitrogens with two attached hydrogens (primary N) is 2. The second-order valence-electron chi connectivity index (χ2n) is 6.75. The molecule has 164 valence electrons. The number of amides is 4. The van der Waals surface area contributed by atoms with Crippen LogP contribution in [0.25, 0.3) is 0 Å². The van der Waals surface area contributed by atoms with Gasteiger partial charge in [0, 0.05) is 0 Å². The Hall–Kier alpha value is -3.22. The van der Waals surface area contributed by atoms with Crippen LogP contribution >= 0.6 is 0 Å². The van der Waals surface area contributed by atoms with E-state index in [-0.39, 0.29) is 0 Å². The van der Waals surface area contributed by atoms with Gasteiger partial charge in [-0.25, -0.2) is 4.79 Å². The van der Waals surface area contributed by atoms with Crippen LogP contribution in [0.5, 0.6) is 0 Å². The van der Waals surface area contributed by atoms with Gasteiger partial charge in [0.25, 0.3) is 0 Å². The molecule has 0 aliphatic carbocycles. The van der Waals surface area contributed by atoms with Gasteiger partial charge in [-0.3, -0.25) is 24.0 Å². The number of primary amides is 1. The first kappa shape index (κ1) is 25.8. The summed E-state index contributed by atoms with van der Waals surface area (Å²) in [4.78, 5) is 69.7. The van der Waals surface area contributed by atoms with E-state index in [0.29, 0.717) is 0 Å². The predicted molar refractivity (Wildman–Crippen MR) is 98.0 cm³/mol. The van der Waals surface area contributed by atoms with Crippen LogP contribution in [-0.2, 0) is 28.8 Å². The van der Waals surface area contributed by atoms with Crippen LogP contribution in [0.15, 0.2) is 0 Å². The molecule has 0 radical (unpaired) electrons. The molecule has 0 aromatic carbocycles. The van der Waals surface area contributed by atoms with Gasteiger partial charge >= 0.3 is 11.9 Å². The molecule has 0 aromatic rings. The van der Waals surface area contributed by atoms with E-state index in [1.54, 1.807) is 13.8 Å². The van der Waals surface area contributed by atoms with E-state index in [2.05, 4.69) is 10.6 Å². The Labute approximate surface area is 166 Å². The molecule has 4 unspecified atom stereocenters. The Morgan fingerprint density at radius 2 is 1.31 bits per heavy atom. The fourth-order valence-corrected chi connectivity index (χ4v) is 2.14. The minimum absolute atomic E-state index is 0.437. The van der Waals surface area contributed by atoms with Crippen molar-refractivity contribution in [3.8, 4) is 0 Å². The molecule has 0 fully saturated rings. The van der Waals surface area contributed by atoms with Gasteiger partial charge in [-0.05, 0) is 12.8 Å². The zero-order valence-electron chi connectivity index (χ0n) is 16.3. The highest BCUT2D eigenvalue weighted by atomic mass is 16.4. The Kier molecular flexibility index (Phi) is 10.3. The number of hydrogen-bond donors (Lipinski definition) is 7. The summed E-state index contributed by atoms with van der Waals surface area (Å²) in [6.07, 6.45) is -1.60. The van der Waals surface area contributed by atoms with Gasteiger partial charge in [-0.1, -0.05) is 13.8 Å². The lowest BCUT2D eigenvalue weighted by atomic mass is 10.0. The molecular weight excluding hydrogens is 390 g/mol. The first-order chi connectivity index (χ1) is 13.3. The third kappa shape index (κ3) is 9.51. The van der Waals surface area contributed by atoms with Crippen LogP contribution in [0, 0.1) is 5.92 Å². The lowest BCUT2D eigenvalue weighted by molar-refractivity contribution is -0.145. The normalized spacial score (nSPS) is 14.8. The Morgan fingerprint density at radius 1 is 0.793 bits per heavy atom. The van der Waals surface area contributed by atoms with Gasteiger partial charge in [0.05, 0.1) is 18.9 Å². The Morgan fingerprint density at radius 3 is 1.69 bits per heavy atom. The second kappa shape index (κ2) is 11.6. The van der Waals surface area contributed by atoms with Gasteiger partial charge in [0.2, 0.25) is 23.6 Å². The molecule has 4 atom stereocenters. The van der Waals surface area contributed by atoms with Crippen molar-refractivity contribution in [3.05, 3.63) is 0 Å².